The third kappa shape index (κ3) is 2.81. The minimum absolute atomic E-state index is 0.159. The van der Waals surface area contributed by atoms with Crippen molar-refractivity contribution < 1.29 is 4.79 Å². The Morgan fingerprint density at radius 1 is 1.38 bits per heavy atom. The van der Waals surface area contributed by atoms with E-state index in [0.29, 0.717) is 0 Å². The highest BCUT2D eigenvalue weighted by Gasteiger charge is 2.38. The van der Waals surface area contributed by atoms with E-state index in [2.05, 4.69) is 22.5 Å². The quantitative estimate of drug-likeness (QED) is 0.807. The molecule has 112 valence electrons. The number of H-pyrrole nitrogens is 1. The van der Waals surface area contributed by atoms with Crippen molar-refractivity contribution in [1.29, 1.82) is 0 Å². The van der Waals surface area contributed by atoms with Gasteiger partial charge in [0.1, 0.15) is 0 Å². The molecule has 2 aromatic rings. The van der Waals surface area contributed by atoms with Crippen LogP contribution in [0.3, 0.4) is 0 Å². The number of nitrogens with one attached hydrogen (secondary N) is 3. The van der Waals surface area contributed by atoms with E-state index in [4.69, 9.17) is 0 Å². The Morgan fingerprint density at radius 2 is 2.29 bits per heavy atom. The number of anilines is 1. The molecule has 1 fully saturated rings. The maximum absolute atomic E-state index is 12.8. The summed E-state index contributed by atoms with van der Waals surface area (Å²) in [6, 6.07) is 8.03. The highest BCUT2D eigenvalue weighted by atomic mass is 16.2. The van der Waals surface area contributed by atoms with Gasteiger partial charge in [-0.3, -0.25) is 4.79 Å². The average Bonchev–Trinajstić information content (AvgIpc) is 2.96. The van der Waals surface area contributed by atoms with Gasteiger partial charge in [0.15, 0.2) is 0 Å². The fraction of sp³-hybridized carbons (Fsp3) is 0.471. The summed E-state index contributed by atoms with van der Waals surface area (Å²) < 4.78 is 0. The Kier molecular flexibility index (Phi) is 3.97. The molecule has 3 N–H and O–H groups in total. The lowest BCUT2D eigenvalue weighted by Gasteiger charge is -2.36. The molecule has 0 radical (unpaired) electrons. The molecule has 0 saturated carbocycles. The summed E-state index contributed by atoms with van der Waals surface area (Å²) >= 11 is 0. The van der Waals surface area contributed by atoms with Crippen LogP contribution in [0.4, 0.5) is 5.69 Å². The molecule has 1 saturated heterocycles. The fourth-order valence-electron chi connectivity index (χ4n) is 3.36. The molecule has 1 aromatic heterocycles. The molecule has 1 amide bonds. The molecule has 1 aromatic carbocycles. The molecule has 4 heteroatoms. The molecule has 4 nitrogen and oxygen atoms in total. The number of aromatic nitrogens is 1. The minimum atomic E-state index is -0.250. The predicted molar refractivity (Wildman–Crippen MR) is 86.4 cm³/mol. The first-order valence-corrected chi connectivity index (χ1v) is 7.83. The van der Waals surface area contributed by atoms with Crippen molar-refractivity contribution in [2.45, 2.75) is 32.6 Å². The molecule has 21 heavy (non-hydrogen) atoms. The van der Waals surface area contributed by atoms with Crippen LogP contribution in [0.5, 0.6) is 0 Å². The number of hydrogen-bond donors (Lipinski definition) is 3. The SMILES string of the molecule is CCCC1(C(=O)Nc2ccc3[nH]ccc3c2)CCCNC1. The Labute approximate surface area is 125 Å². The second-order valence-corrected chi connectivity index (χ2v) is 6.04. The van der Waals surface area contributed by atoms with Gasteiger partial charge in [-0.2, -0.15) is 0 Å². The van der Waals surface area contributed by atoms with Gasteiger partial charge in [-0.05, 0) is 50.1 Å². The zero-order chi connectivity index (χ0) is 14.7. The molecule has 0 aliphatic carbocycles. The Bertz CT molecular complexity index is 620. The van der Waals surface area contributed by atoms with Gasteiger partial charge in [0.05, 0.1) is 5.41 Å². The van der Waals surface area contributed by atoms with Crippen LogP contribution in [0.2, 0.25) is 0 Å². The molecule has 0 spiro atoms. The molecule has 1 aliphatic rings. The largest absolute Gasteiger partial charge is 0.361 e. The predicted octanol–water partition coefficient (Wildman–Crippen LogP) is 3.28. The smallest absolute Gasteiger partial charge is 0.231 e. The number of piperidine rings is 1. The lowest BCUT2D eigenvalue weighted by molar-refractivity contribution is -0.127. The van der Waals surface area contributed by atoms with Crippen molar-refractivity contribution in [3.63, 3.8) is 0 Å². The van der Waals surface area contributed by atoms with Gasteiger partial charge in [-0.25, -0.2) is 0 Å². The zero-order valence-corrected chi connectivity index (χ0v) is 12.5. The number of benzene rings is 1. The molecular weight excluding hydrogens is 262 g/mol. The molecular formula is C17H23N3O. The highest BCUT2D eigenvalue weighted by Crippen LogP contribution is 2.33. The van der Waals surface area contributed by atoms with E-state index >= 15 is 0 Å². The number of aromatic amines is 1. The third-order valence-corrected chi connectivity index (χ3v) is 4.49. The van der Waals surface area contributed by atoms with Gasteiger partial charge in [0.2, 0.25) is 5.91 Å². The van der Waals surface area contributed by atoms with Crippen molar-refractivity contribution in [3.8, 4) is 0 Å². The van der Waals surface area contributed by atoms with Gasteiger partial charge in [0, 0.05) is 29.3 Å². The Balaban J connectivity index is 1.79. The second kappa shape index (κ2) is 5.90. The van der Waals surface area contributed by atoms with E-state index in [0.717, 1.165) is 55.4 Å². The molecule has 1 unspecified atom stereocenters. The maximum Gasteiger partial charge on any atom is 0.231 e. The average molecular weight is 285 g/mol. The van der Waals surface area contributed by atoms with Gasteiger partial charge in [-0.1, -0.05) is 13.3 Å². The number of carbonyl (C=O) groups is 1. The maximum atomic E-state index is 12.8. The zero-order valence-electron chi connectivity index (χ0n) is 12.5. The lowest BCUT2D eigenvalue weighted by Crippen LogP contribution is -2.48. The number of amides is 1. The van der Waals surface area contributed by atoms with E-state index in [1.54, 1.807) is 0 Å². The van der Waals surface area contributed by atoms with Gasteiger partial charge < -0.3 is 15.6 Å². The summed E-state index contributed by atoms with van der Waals surface area (Å²) in [6.07, 6.45) is 5.94. The summed E-state index contributed by atoms with van der Waals surface area (Å²) in [5.41, 5.74) is 1.73. The third-order valence-electron chi connectivity index (χ3n) is 4.49. The van der Waals surface area contributed by atoms with Crippen LogP contribution in [0.15, 0.2) is 30.5 Å². The minimum Gasteiger partial charge on any atom is -0.361 e. The molecule has 1 aliphatic heterocycles. The van der Waals surface area contributed by atoms with Crippen LogP contribution in [-0.4, -0.2) is 24.0 Å². The van der Waals surface area contributed by atoms with Gasteiger partial charge in [-0.15, -0.1) is 0 Å². The second-order valence-electron chi connectivity index (χ2n) is 6.04. The molecule has 3 rings (SSSR count). The van der Waals surface area contributed by atoms with Crippen molar-refractivity contribution in [2.75, 3.05) is 18.4 Å². The Hall–Kier alpha value is -1.81. The first-order chi connectivity index (χ1) is 10.2. The summed E-state index contributed by atoms with van der Waals surface area (Å²) in [5, 5.41) is 7.64. The van der Waals surface area contributed by atoms with E-state index in [-0.39, 0.29) is 11.3 Å². The van der Waals surface area contributed by atoms with Crippen molar-refractivity contribution >= 4 is 22.5 Å². The van der Waals surface area contributed by atoms with Crippen LogP contribution in [0.25, 0.3) is 10.9 Å². The van der Waals surface area contributed by atoms with Crippen LogP contribution >= 0.6 is 0 Å². The van der Waals surface area contributed by atoms with E-state index in [1.807, 2.05) is 30.5 Å². The summed E-state index contributed by atoms with van der Waals surface area (Å²) in [6.45, 7) is 3.96. The Morgan fingerprint density at radius 3 is 3.05 bits per heavy atom. The number of carbonyl (C=O) groups excluding carboxylic acids is 1. The topological polar surface area (TPSA) is 56.9 Å². The standard InChI is InChI=1S/C17H23N3O/c1-2-7-17(8-3-9-18-12-17)16(21)20-14-4-5-15-13(11-14)6-10-19-15/h4-6,10-11,18-19H,2-3,7-9,12H2,1H3,(H,20,21). The van der Waals surface area contributed by atoms with Crippen molar-refractivity contribution in [1.82, 2.24) is 10.3 Å². The number of rotatable bonds is 4. The van der Waals surface area contributed by atoms with Gasteiger partial charge in [0.25, 0.3) is 0 Å². The van der Waals surface area contributed by atoms with Crippen molar-refractivity contribution in [3.05, 3.63) is 30.5 Å². The van der Waals surface area contributed by atoms with E-state index in [9.17, 15) is 4.79 Å². The first kappa shape index (κ1) is 14.1. The summed E-state index contributed by atoms with van der Waals surface area (Å²) in [4.78, 5) is 16.0. The summed E-state index contributed by atoms with van der Waals surface area (Å²) in [7, 11) is 0. The normalized spacial score (nSPS) is 22.3. The number of hydrogen-bond acceptors (Lipinski definition) is 2. The fourth-order valence-corrected chi connectivity index (χ4v) is 3.36. The molecule has 2 heterocycles. The molecule has 0 bridgehead atoms. The highest BCUT2D eigenvalue weighted by molar-refractivity contribution is 5.97. The van der Waals surface area contributed by atoms with Crippen LogP contribution in [-0.2, 0) is 4.79 Å². The number of fused-ring (bicyclic) bond motifs is 1. The first-order valence-electron chi connectivity index (χ1n) is 7.83. The van der Waals surface area contributed by atoms with Crippen LogP contribution in [0.1, 0.15) is 32.6 Å². The molecule has 1 atom stereocenters. The van der Waals surface area contributed by atoms with Gasteiger partial charge >= 0.3 is 0 Å². The monoisotopic (exact) mass is 285 g/mol. The summed E-state index contributed by atoms with van der Waals surface area (Å²) in [5.74, 6) is 0.159. The van der Waals surface area contributed by atoms with Crippen LogP contribution in [0, 0.1) is 5.41 Å². The lowest BCUT2D eigenvalue weighted by atomic mass is 9.76. The van der Waals surface area contributed by atoms with Crippen LogP contribution < -0.4 is 10.6 Å². The van der Waals surface area contributed by atoms with Crippen molar-refractivity contribution in [2.24, 2.45) is 5.41 Å². The van der Waals surface area contributed by atoms with E-state index < -0.39 is 0 Å². The van der Waals surface area contributed by atoms with E-state index in [1.165, 1.54) is 0 Å².